The summed E-state index contributed by atoms with van der Waals surface area (Å²) in [6.07, 6.45) is -4.99. The molecule has 4 N–H and O–H groups in total. The minimum Gasteiger partial charge on any atom is -0.504 e. The molecule has 96 valence electrons. The monoisotopic (exact) mass is 251 g/mol. The van der Waals surface area contributed by atoms with Crippen molar-refractivity contribution in [3.05, 3.63) is 23.8 Å². The van der Waals surface area contributed by atoms with Crippen molar-refractivity contribution in [2.24, 2.45) is 5.73 Å². The molecule has 0 bridgehead atoms. The molecular formula is C10H12F3NO3. The van der Waals surface area contributed by atoms with Crippen molar-refractivity contribution in [3.8, 4) is 11.5 Å². The maximum Gasteiger partial charge on any atom is 0.422 e. The summed E-state index contributed by atoms with van der Waals surface area (Å²) in [5, 5.41) is 19.1. The van der Waals surface area contributed by atoms with Gasteiger partial charge >= 0.3 is 6.18 Å². The van der Waals surface area contributed by atoms with Crippen LogP contribution in [0, 0.1) is 0 Å². The second-order valence-corrected chi connectivity index (χ2v) is 3.42. The molecule has 0 fully saturated rings. The van der Waals surface area contributed by atoms with Crippen LogP contribution < -0.4 is 10.5 Å². The maximum atomic E-state index is 12.7. The van der Waals surface area contributed by atoms with Crippen LogP contribution >= 0.6 is 0 Å². The average Bonchev–Trinajstić information content (AvgIpc) is 2.27. The Labute approximate surface area is 95.4 Å². The Morgan fingerprint density at radius 1 is 1.35 bits per heavy atom. The number of para-hydroxylation sites is 1. The number of nitrogens with two attached hydrogens (primary N) is 1. The van der Waals surface area contributed by atoms with Crippen LogP contribution in [0.15, 0.2) is 18.2 Å². The van der Waals surface area contributed by atoms with Gasteiger partial charge in [-0.1, -0.05) is 12.1 Å². The molecule has 0 aliphatic heterocycles. The van der Waals surface area contributed by atoms with Crippen LogP contribution in [0.5, 0.6) is 11.5 Å². The Morgan fingerprint density at radius 3 is 2.35 bits per heavy atom. The number of rotatable bonds is 3. The number of phenols is 1. The van der Waals surface area contributed by atoms with E-state index >= 15 is 0 Å². The fourth-order valence-electron chi connectivity index (χ4n) is 1.40. The second-order valence-electron chi connectivity index (χ2n) is 3.42. The summed E-state index contributed by atoms with van der Waals surface area (Å²) in [5.41, 5.74) is 0.934. The Morgan fingerprint density at radius 2 is 1.94 bits per heavy atom. The van der Waals surface area contributed by atoms with Crippen LogP contribution in [-0.4, -0.2) is 30.0 Å². The number of hydrogen-bond donors (Lipinski definition) is 3. The highest BCUT2D eigenvalue weighted by Gasteiger charge is 2.55. The van der Waals surface area contributed by atoms with Gasteiger partial charge in [0.05, 0.1) is 7.11 Å². The van der Waals surface area contributed by atoms with E-state index in [1.54, 1.807) is 0 Å². The van der Waals surface area contributed by atoms with E-state index in [0.717, 1.165) is 6.07 Å². The number of ether oxygens (including phenoxy) is 1. The van der Waals surface area contributed by atoms with E-state index in [1.165, 1.54) is 19.2 Å². The van der Waals surface area contributed by atoms with E-state index in [0.29, 0.717) is 0 Å². The Kier molecular flexibility index (Phi) is 3.53. The Hall–Kier alpha value is -1.47. The van der Waals surface area contributed by atoms with Crippen LogP contribution in [-0.2, 0) is 5.60 Å². The van der Waals surface area contributed by atoms with Crippen LogP contribution in [0.25, 0.3) is 0 Å². The highest BCUT2D eigenvalue weighted by Crippen LogP contribution is 2.44. The third-order valence-electron chi connectivity index (χ3n) is 2.43. The van der Waals surface area contributed by atoms with Crippen molar-refractivity contribution in [1.29, 1.82) is 0 Å². The molecule has 1 atom stereocenters. The van der Waals surface area contributed by atoms with Gasteiger partial charge in [-0.15, -0.1) is 0 Å². The zero-order chi connectivity index (χ0) is 13.3. The van der Waals surface area contributed by atoms with Crippen molar-refractivity contribution in [3.63, 3.8) is 0 Å². The summed E-state index contributed by atoms with van der Waals surface area (Å²) in [7, 11) is 1.19. The molecule has 7 heteroatoms. The summed E-state index contributed by atoms with van der Waals surface area (Å²) >= 11 is 0. The minimum atomic E-state index is -4.99. The first-order valence-electron chi connectivity index (χ1n) is 4.63. The van der Waals surface area contributed by atoms with Crippen LogP contribution in [0.4, 0.5) is 13.2 Å². The summed E-state index contributed by atoms with van der Waals surface area (Å²) in [5.74, 6) is -0.945. The molecule has 0 aliphatic carbocycles. The molecule has 1 unspecified atom stereocenters. The fraction of sp³-hybridized carbons (Fsp3) is 0.400. The quantitative estimate of drug-likeness (QED) is 0.752. The number of benzene rings is 1. The predicted molar refractivity (Wildman–Crippen MR) is 53.7 cm³/mol. The second kappa shape index (κ2) is 4.42. The van der Waals surface area contributed by atoms with E-state index in [-0.39, 0.29) is 5.75 Å². The third kappa shape index (κ3) is 2.16. The predicted octanol–water partition coefficient (Wildman–Crippen LogP) is 1.11. The van der Waals surface area contributed by atoms with Crippen molar-refractivity contribution in [2.45, 2.75) is 11.8 Å². The van der Waals surface area contributed by atoms with Crippen molar-refractivity contribution in [1.82, 2.24) is 0 Å². The SMILES string of the molecule is COc1cccc(C(O)(CN)C(F)(F)F)c1O. The van der Waals surface area contributed by atoms with E-state index < -0.39 is 29.6 Å². The maximum absolute atomic E-state index is 12.7. The molecular weight excluding hydrogens is 239 g/mol. The Balaban J connectivity index is 3.41. The zero-order valence-electron chi connectivity index (χ0n) is 8.95. The molecule has 1 aromatic carbocycles. The van der Waals surface area contributed by atoms with Crippen molar-refractivity contribution >= 4 is 0 Å². The molecule has 0 aromatic heterocycles. The first-order chi connectivity index (χ1) is 7.78. The fourth-order valence-corrected chi connectivity index (χ4v) is 1.40. The van der Waals surface area contributed by atoms with E-state index in [9.17, 15) is 23.4 Å². The number of aliphatic hydroxyl groups is 1. The van der Waals surface area contributed by atoms with Gasteiger partial charge in [0, 0.05) is 12.1 Å². The number of methoxy groups -OCH3 is 1. The Bertz CT molecular complexity index is 408. The van der Waals surface area contributed by atoms with Gasteiger partial charge in [-0.05, 0) is 6.07 Å². The van der Waals surface area contributed by atoms with Gasteiger partial charge in [-0.25, -0.2) is 0 Å². The van der Waals surface area contributed by atoms with Crippen molar-refractivity contribution in [2.75, 3.05) is 13.7 Å². The molecule has 17 heavy (non-hydrogen) atoms. The highest BCUT2D eigenvalue weighted by atomic mass is 19.4. The molecule has 0 amide bonds. The van der Waals surface area contributed by atoms with Gasteiger partial charge in [0.15, 0.2) is 11.5 Å². The molecule has 1 rings (SSSR count). The van der Waals surface area contributed by atoms with Gasteiger partial charge in [-0.3, -0.25) is 0 Å². The molecule has 0 spiro atoms. The van der Waals surface area contributed by atoms with Gasteiger partial charge < -0.3 is 20.7 Å². The molecule has 0 radical (unpaired) electrons. The number of halogens is 3. The lowest BCUT2D eigenvalue weighted by Gasteiger charge is -2.30. The first-order valence-corrected chi connectivity index (χ1v) is 4.63. The summed E-state index contributed by atoms with van der Waals surface area (Å²) in [6, 6.07) is 3.44. The summed E-state index contributed by atoms with van der Waals surface area (Å²) in [4.78, 5) is 0. The number of hydrogen-bond acceptors (Lipinski definition) is 4. The topological polar surface area (TPSA) is 75.7 Å². The number of alkyl halides is 3. The summed E-state index contributed by atoms with van der Waals surface area (Å²) < 4.78 is 42.8. The van der Waals surface area contributed by atoms with Crippen LogP contribution in [0.3, 0.4) is 0 Å². The lowest BCUT2D eigenvalue weighted by Crippen LogP contribution is -2.48. The van der Waals surface area contributed by atoms with Gasteiger partial charge in [0.2, 0.25) is 5.60 Å². The number of phenolic OH excluding ortho intramolecular Hbond substituents is 1. The lowest BCUT2D eigenvalue weighted by atomic mass is 9.92. The van der Waals surface area contributed by atoms with Gasteiger partial charge in [0.1, 0.15) is 0 Å². The standard InChI is InChI=1S/C10H12F3NO3/c1-17-7-4-2-3-6(8(7)15)9(16,5-14)10(11,12)13/h2-4,15-16H,5,14H2,1H3. The number of aromatic hydroxyl groups is 1. The van der Waals surface area contributed by atoms with Gasteiger partial charge in [0.25, 0.3) is 0 Å². The normalized spacial score (nSPS) is 15.4. The largest absolute Gasteiger partial charge is 0.504 e. The molecule has 4 nitrogen and oxygen atoms in total. The molecule has 0 heterocycles. The van der Waals surface area contributed by atoms with Gasteiger partial charge in [-0.2, -0.15) is 13.2 Å². The van der Waals surface area contributed by atoms with Crippen molar-refractivity contribution < 1.29 is 28.1 Å². The molecule has 0 saturated carbocycles. The summed E-state index contributed by atoms with van der Waals surface area (Å²) in [6.45, 7) is -1.10. The molecule has 1 aromatic rings. The molecule has 0 saturated heterocycles. The van der Waals surface area contributed by atoms with E-state index in [2.05, 4.69) is 4.74 Å². The van der Waals surface area contributed by atoms with Crippen LogP contribution in [0.2, 0.25) is 0 Å². The minimum absolute atomic E-state index is 0.168. The van der Waals surface area contributed by atoms with E-state index in [1.807, 2.05) is 0 Å². The zero-order valence-corrected chi connectivity index (χ0v) is 8.95. The van der Waals surface area contributed by atoms with E-state index in [4.69, 9.17) is 5.73 Å². The highest BCUT2D eigenvalue weighted by molar-refractivity contribution is 5.48. The lowest BCUT2D eigenvalue weighted by molar-refractivity contribution is -0.262. The smallest absolute Gasteiger partial charge is 0.422 e. The first kappa shape index (κ1) is 13.6. The van der Waals surface area contributed by atoms with Crippen LogP contribution in [0.1, 0.15) is 5.56 Å². The average molecular weight is 251 g/mol. The molecule has 0 aliphatic rings. The third-order valence-corrected chi connectivity index (χ3v) is 2.43.